The largest absolute Gasteiger partial charge is 0.393 e. The van der Waals surface area contributed by atoms with Gasteiger partial charge in [-0.05, 0) is 24.5 Å². The zero-order valence-corrected chi connectivity index (χ0v) is 10.6. The lowest BCUT2D eigenvalue weighted by Gasteiger charge is -2.09. The molecule has 1 N–H and O–H groups in total. The quantitative estimate of drug-likeness (QED) is 0.875. The van der Waals surface area contributed by atoms with E-state index in [1.54, 1.807) is 12.4 Å². The Hall–Kier alpha value is -1.75. The Labute approximate surface area is 106 Å². The Morgan fingerprint density at radius 3 is 2.67 bits per heavy atom. The molecular formula is C13H17N3O2. The van der Waals surface area contributed by atoms with Crippen LogP contribution in [0.4, 0.5) is 0 Å². The van der Waals surface area contributed by atoms with Gasteiger partial charge in [0.2, 0.25) is 11.7 Å². The van der Waals surface area contributed by atoms with Gasteiger partial charge in [0.15, 0.2) is 0 Å². The summed E-state index contributed by atoms with van der Waals surface area (Å²) in [6, 6.07) is 3.64. The summed E-state index contributed by atoms with van der Waals surface area (Å²) in [5, 5.41) is 13.7. The van der Waals surface area contributed by atoms with Crippen molar-refractivity contribution in [3.63, 3.8) is 0 Å². The molecule has 0 aliphatic rings. The molecule has 0 radical (unpaired) electrons. The van der Waals surface area contributed by atoms with Gasteiger partial charge in [0.05, 0.1) is 12.5 Å². The predicted molar refractivity (Wildman–Crippen MR) is 66.7 cm³/mol. The number of rotatable bonds is 5. The van der Waals surface area contributed by atoms with E-state index in [0.717, 1.165) is 12.0 Å². The minimum Gasteiger partial charge on any atom is -0.393 e. The van der Waals surface area contributed by atoms with E-state index in [0.29, 0.717) is 24.1 Å². The van der Waals surface area contributed by atoms with Crippen molar-refractivity contribution in [2.75, 3.05) is 0 Å². The first-order chi connectivity index (χ1) is 8.65. The van der Waals surface area contributed by atoms with E-state index in [9.17, 15) is 5.11 Å². The second kappa shape index (κ2) is 5.73. The van der Waals surface area contributed by atoms with E-state index in [1.807, 2.05) is 12.1 Å². The van der Waals surface area contributed by atoms with E-state index in [-0.39, 0.29) is 0 Å². The van der Waals surface area contributed by atoms with Crippen LogP contribution < -0.4 is 0 Å². The van der Waals surface area contributed by atoms with Gasteiger partial charge in [0.1, 0.15) is 0 Å². The molecule has 0 fully saturated rings. The Morgan fingerprint density at radius 1 is 1.28 bits per heavy atom. The fourth-order valence-electron chi connectivity index (χ4n) is 1.79. The monoisotopic (exact) mass is 247 g/mol. The van der Waals surface area contributed by atoms with Crippen LogP contribution in [0.2, 0.25) is 0 Å². The smallest absolute Gasteiger partial charge is 0.229 e. The van der Waals surface area contributed by atoms with Crippen LogP contribution in [-0.4, -0.2) is 26.3 Å². The molecule has 5 heteroatoms. The third-order valence-electron chi connectivity index (χ3n) is 2.56. The van der Waals surface area contributed by atoms with E-state index >= 15 is 0 Å². The second-order valence-electron chi connectivity index (χ2n) is 4.74. The Kier molecular flexibility index (Phi) is 4.04. The van der Waals surface area contributed by atoms with Crippen molar-refractivity contribution in [3.8, 4) is 11.4 Å². The SMILES string of the molecule is CC(C)CC(O)Cc1nc(-c2ccncc2)no1. The summed E-state index contributed by atoms with van der Waals surface area (Å²) in [7, 11) is 0. The highest BCUT2D eigenvalue weighted by Crippen LogP contribution is 2.16. The van der Waals surface area contributed by atoms with Crippen LogP contribution in [0.3, 0.4) is 0 Å². The highest BCUT2D eigenvalue weighted by atomic mass is 16.5. The zero-order valence-electron chi connectivity index (χ0n) is 10.6. The summed E-state index contributed by atoms with van der Waals surface area (Å²) in [6.45, 7) is 4.14. The average Bonchev–Trinajstić information content (AvgIpc) is 2.77. The van der Waals surface area contributed by atoms with Crippen molar-refractivity contribution in [1.82, 2.24) is 15.1 Å². The second-order valence-corrected chi connectivity index (χ2v) is 4.74. The van der Waals surface area contributed by atoms with Gasteiger partial charge in [-0.15, -0.1) is 0 Å². The number of aliphatic hydroxyl groups is 1. The maximum absolute atomic E-state index is 9.82. The van der Waals surface area contributed by atoms with Crippen LogP contribution in [0.1, 0.15) is 26.2 Å². The fraction of sp³-hybridized carbons (Fsp3) is 0.462. The van der Waals surface area contributed by atoms with Gasteiger partial charge in [0, 0.05) is 18.0 Å². The van der Waals surface area contributed by atoms with E-state index in [2.05, 4.69) is 29.0 Å². The van der Waals surface area contributed by atoms with Gasteiger partial charge in [-0.2, -0.15) is 4.98 Å². The molecule has 0 aliphatic heterocycles. The van der Waals surface area contributed by atoms with Crippen molar-refractivity contribution in [2.45, 2.75) is 32.8 Å². The van der Waals surface area contributed by atoms with Gasteiger partial charge in [-0.3, -0.25) is 4.98 Å². The maximum atomic E-state index is 9.82. The van der Waals surface area contributed by atoms with Crippen LogP contribution in [0, 0.1) is 5.92 Å². The van der Waals surface area contributed by atoms with E-state index in [1.165, 1.54) is 0 Å². The third-order valence-corrected chi connectivity index (χ3v) is 2.56. The molecular weight excluding hydrogens is 230 g/mol. The van der Waals surface area contributed by atoms with Gasteiger partial charge < -0.3 is 9.63 Å². The minimum atomic E-state index is -0.434. The minimum absolute atomic E-state index is 0.399. The van der Waals surface area contributed by atoms with E-state index < -0.39 is 6.10 Å². The molecule has 1 atom stereocenters. The van der Waals surface area contributed by atoms with Gasteiger partial charge in [0.25, 0.3) is 0 Å². The predicted octanol–water partition coefficient (Wildman–Crippen LogP) is 2.08. The van der Waals surface area contributed by atoms with Crippen molar-refractivity contribution in [3.05, 3.63) is 30.4 Å². The number of aliphatic hydroxyl groups excluding tert-OH is 1. The summed E-state index contributed by atoms with van der Waals surface area (Å²) in [5.74, 6) is 1.45. The van der Waals surface area contributed by atoms with Gasteiger partial charge in [-0.25, -0.2) is 0 Å². The molecule has 2 aromatic heterocycles. The topological polar surface area (TPSA) is 72.0 Å². The molecule has 5 nitrogen and oxygen atoms in total. The average molecular weight is 247 g/mol. The first kappa shape index (κ1) is 12.7. The molecule has 0 bridgehead atoms. The van der Waals surface area contributed by atoms with Crippen LogP contribution >= 0.6 is 0 Å². The van der Waals surface area contributed by atoms with Crippen LogP contribution in [0.25, 0.3) is 11.4 Å². The molecule has 0 saturated carbocycles. The summed E-state index contributed by atoms with van der Waals surface area (Å²) in [6.07, 6.45) is 4.05. The lowest BCUT2D eigenvalue weighted by atomic mass is 10.0. The van der Waals surface area contributed by atoms with Crippen LogP contribution in [0.15, 0.2) is 29.0 Å². The molecule has 1 unspecified atom stereocenters. The highest BCUT2D eigenvalue weighted by molar-refractivity contribution is 5.52. The molecule has 2 aromatic rings. The number of nitrogens with zero attached hydrogens (tertiary/aromatic N) is 3. The molecule has 0 spiro atoms. The first-order valence-electron chi connectivity index (χ1n) is 6.06. The Bertz CT molecular complexity index is 482. The Balaban J connectivity index is 2.03. The molecule has 0 aliphatic carbocycles. The molecule has 96 valence electrons. The summed E-state index contributed by atoms with van der Waals surface area (Å²) >= 11 is 0. The highest BCUT2D eigenvalue weighted by Gasteiger charge is 2.14. The number of pyridine rings is 1. The normalized spacial score (nSPS) is 12.9. The Morgan fingerprint density at radius 2 is 2.00 bits per heavy atom. The molecule has 2 heterocycles. The molecule has 18 heavy (non-hydrogen) atoms. The maximum Gasteiger partial charge on any atom is 0.229 e. The van der Waals surface area contributed by atoms with Gasteiger partial charge in [-0.1, -0.05) is 19.0 Å². The zero-order chi connectivity index (χ0) is 13.0. The van der Waals surface area contributed by atoms with Crippen molar-refractivity contribution < 1.29 is 9.63 Å². The molecule has 0 aromatic carbocycles. The number of hydrogen-bond acceptors (Lipinski definition) is 5. The van der Waals surface area contributed by atoms with Crippen LogP contribution in [0.5, 0.6) is 0 Å². The summed E-state index contributed by atoms with van der Waals surface area (Å²) in [4.78, 5) is 8.19. The summed E-state index contributed by atoms with van der Waals surface area (Å²) < 4.78 is 5.13. The molecule has 2 rings (SSSR count). The standard InChI is InChI=1S/C13H17N3O2/c1-9(2)7-11(17)8-12-15-13(16-18-12)10-3-5-14-6-4-10/h3-6,9,11,17H,7-8H2,1-2H3. The number of aromatic nitrogens is 3. The van der Waals surface area contributed by atoms with Crippen molar-refractivity contribution in [1.29, 1.82) is 0 Å². The first-order valence-corrected chi connectivity index (χ1v) is 6.06. The molecule has 0 amide bonds. The molecule has 0 saturated heterocycles. The summed E-state index contributed by atoms with van der Waals surface area (Å²) in [5.41, 5.74) is 0.860. The third kappa shape index (κ3) is 3.37. The van der Waals surface area contributed by atoms with Crippen molar-refractivity contribution in [2.24, 2.45) is 5.92 Å². The van der Waals surface area contributed by atoms with Gasteiger partial charge >= 0.3 is 0 Å². The lowest BCUT2D eigenvalue weighted by molar-refractivity contribution is 0.138. The lowest BCUT2D eigenvalue weighted by Crippen LogP contribution is -2.13. The van der Waals surface area contributed by atoms with Crippen molar-refractivity contribution >= 4 is 0 Å². The fourth-order valence-corrected chi connectivity index (χ4v) is 1.79. The number of hydrogen-bond donors (Lipinski definition) is 1. The van der Waals surface area contributed by atoms with Crippen LogP contribution in [-0.2, 0) is 6.42 Å². The van der Waals surface area contributed by atoms with E-state index in [4.69, 9.17) is 4.52 Å².